The zero-order chi connectivity index (χ0) is 89.0. The van der Waals surface area contributed by atoms with Crippen LogP contribution in [0.1, 0.15) is 210 Å². The molecule has 12 atom stereocenters. The average molecular weight is 1740 g/mol. The lowest BCUT2D eigenvalue weighted by Gasteiger charge is -2.40. The van der Waals surface area contributed by atoms with E-state index < -0.39 is 151 Å². The number of phenols is 1. The Kier molecular flexibility index (Phi) is 46.9. The number of unbranched alkanes of at least 4 members (excludes halogenated alkanes) is 4. The lowest BCUT2D eigenvalue weighted by atomic mass is 9.92. The number of likely N-dealkylation sites (tertiary alicyclic amines) is 1. The zero-order valence-corrected chi connectivity index (χ0v) is 72.4. The standard InChI is InChI=1S/C80H122N14O23S3/c1-11-13-14-19-34-115-46-94(76(109)69(48(5)12-2)90-74(108)62-21-16-18-33-93(62)10)63(47(3)4)42-64(117-52(9)95)75-88-61(45-118-75)73(107)85-56(38-53-26-28-57(96)29-27-53)37-49(6)70(104)91-92-80(114)116-35-36-119-120-44-51(8)83-71(105)60(41-68(102)103)87-72(106)59(40-67(100)101)86-65(97)39-54-22-24-55(25-23-54)43-82-78(112)81-32-17-15-20-50(7)84-79(113)89-58(77(110)111)30-31-66(98)99/h22-29,45,47-51,56,58-60,62-64,69,96H,11-21,30-44,46H2,1-10H3,(H,83,105)(H,85,107)(H,86,97)(H,87,106)(H,90,108)(H,91,104)(H,92,114)(H,98,99)(H,100,101)(H,102,103)(H,110,111)(H2,81,82,112)(H2,84,89,113)/t48?,49-,50+,51+,56+,58-,59?,60-,62?,63+,64+,69-/m0/s1. The first kappa shape index (κ1) is 102. The molecule has 0 bridgehead atoms. The Bertz CT molecular complexity index is 3830. The maximum absolute atomic E-state index is 15.1. The van der Waals surface area contributed by atoms with Crippen molar-refractivity contribution in [2.24, 2.45) is 17.8 Å². The number of likely N-dealkylation sites (N-methyl/N-ethyl adjacent to an activating group) is 1. The molecule has 16 N–H and O–H groups in total. The van der Waals surface area contributed by atoms with E-state index in [9.17, 15) is 87.5 Å². The summed E-state index contributed by atoms with van der Waals surface area (Å²) >= 11 is 1.08. The van der Waals surface area contributed by atoms with Gasteiger partial charge in [0.1, 0.15) is 54.0 Å². The van der Waals surface area contributed by atoms with Gasteiger partial charge in [0.25, 0.3) is 5.91 Å². The number of phenolic OH excluding ortho intramolecular Hbond substituents is 1. The molecule has 120 heavy (non-hydrogen) atoms. The van der Waals surface area contributed by atoms with Gasteiger partial charge in [-0.15, -0.1) is 11.3 Å². The quantitative estimate of drug-likeness (QED) is 0.00953. The predicted molar refractivity (Wildman–Crippen MR) is 447 cm³/mol. The van der Waals surface area contributed by atoms with E-state index in [4.69, 9.17) is 24.3 Å². The summed E-state index contributed by atoms with van der Waals surface area (Å²) in [4.78, 5) is 202. The summed E-state index contributed by atoms with van der Waals surface area (Å²) in [6, 6.07) is 3.02. The second kappa shape index (κ2) is 55.0. The molecule has 1 aliphatic heterocycles. The number of urea groups is 2. The van der Waals surface area contributed by atoms with Crippen molar-refractivity contribution in [1.82, 2.24) is 73.5 Å². The summed E-state index contributed by atoms with van der Waals surface area (Å²) in [5.74, 6) is -11.7. The van der Waals surface area contributed by atoms with E-state index in [-0.39, 0.29) is 122 Å². The highest BCUT2D eigenvalue weighted by Crippen LogP contribution is 2.33. The Hall–Kier alpha value is -10.1. The number of ether oxygens (including phenoxy) is 3. The molecule has 2 heterocycles. The number of benzene rings is 2. The zero-order valence-electron chi connectivity index (χ0n) is 69.9. The molecule has 1 saturated heterocycles. The first-order chi connectivity index (χ1) is 57.0. The number of aromatic nitrogens is 1. The normalized spacial score (nSPS) is 15.4. The number of amides is 12. The van der Waals surface area contributed by atoms with E-state index in [0.29, 0.717) is 55.4 Å². The molecule has 3 aromatic rings. The van der Waals surface area contributed by atoms with Crippen molar-refractivity contribution in [2.45, 2.75) is 251 Å². The molecule has 40 heteroatoms. The van der Waals surface area contributed by atoms with E-state index in [1.54, 1.807) is 62.1 Å². The molecule has 0 aliphatic carbocycles. The van der Waals surface area contributed by atoms with Crippen LogP contribution in [0, 0.1) is 17.8 Å². The van der Waals surface area contributed by atoms with Gasteiger partial charge in [0.05, 0.1) is 25.3 Å². The molecule has 1 aromatic heterocycles. The minimum Gasteiger partial charge on any atom is -0.508 e. The molecule has 37 nitrogen and oxygen atoms in total. The number of esters is 1. The minimum absolute atomic E-state index is 0.00649. The Labute approximate surface area is 711 Å². The number of hydrogen-bond acceptors (Lipinski definition) is 24. The Balaban J connectivity index is 1.26. The average Bonchev–Trinajstić information content (AvgIpc) is 1.26. The third-order valence-corrected chi connectivity index (χ3v) is 23.1. The smallest absolute Gasteiger partial charge is 0.426 e. The molecule has 668 valence electrons. The second-order valence-corrected chi connectivity index (χ2v) is 33.8. The Morgan fingerprint density at radius 1 is 0.658 bits per heavy atom. The number of aromatic hydroxyl groups is 1. The lowest BCUT2D eigenvalue weighted by Crippen LogP contribution is -2.59. The van der Waals surface area contributed by atoms with Gasteiger partial charge >= 0.3 is 48.0 Å². The van der Waals surface area contributed by atoms with Crippen molar-refractivity contribution in [1.29, 1.82) is 0 Å². The van der Waals surface area contributed by atoms with Crippen LogP contribution >= 0.6 is 32.9 Å². The number of rotatable bonds is 55. The van der Waals surface area contributed by atoms with Gasteiger partial charge in [0.2, 0.25) is 35.4 Å². The second-order valence-electron chi connectivity index (χ2n) is 30.2. The molecule has 12 amide bonds. The summed E-state index contributed by atoms with van der Waals surface area (Å²) in [6.07, 6.45) is 3.89. The summed E-state index contributed by atoms with van der Waals surface area (Å²) in [6.45, 7) is 17.3. The number of hydrogen-bond donors (Lipinski definition) is 16. The number of piperidine rings is 1. The summed E-state index contributed by atoms with van der Waals surface area (Å²) in [7, 11) is 4.39. The van der Waals surface area contributed by atoms with Crippen molar-refractivity contribution in [3.8, 4) is 5.75 Å². The van der Waals surface area contributed by atoms with Gasteiger partial charge < -0.3 is 92.5 Å². The van der Waals surface area contributed by atoms with Crippen molar-refractivity contribution in [2.75, 3.05) is 51.6 Å². The molecular weight excluding hydrogens is 1620 g/mol. The van der Waals surface area contributed by atoms with E-state index in [1.165, 1.54) is 46.0 Å². The first-order valence-corrected chi connectivity index (χ1v) is 43.9. The third-order valence-electron chi connectivity index (χ3n) is 19.6. The third kappa shape index (κ3) is 39.9. The highest BCUT2D eigenvalue weighted by atomic mass is 33.1. The highest BCUT2D eigenvalue weighted by Gasteiger charge is 2.40. The number of nitrogens with one attached hydrogen (secondary N) is 11. The highest BCUT2D eigenvalue weighted by molar-refractivity contribution is 8.76. The fourth-order valence-corrected chi connectivity index (χ4v) is 15.7. The van der Waals surface area contributed by atoms with Gasteiger partial charge in [-0.2, -0.15) is 0 Å². The number of thiazole rings is 1. The number of hydrazine groups is 1. The molecule has 3 unspecified atom stereocenters. The van der Waals surface area contributed by atoms with Crippen molar-refractivity contribution < 1.29 is 112 Å². The first-order valence-electron chi connectivity index (χ1n) is 40.5. The Morgan fingerprint density at radius 2 is 1.32 bits per heavy atom. The number of carbonyl (C=O) groups excluding carboxylic acids is 11. The van der Waals surface area contributed by atoms with Crippen LogP contribution in [0.15, 0.2) is 53.9 Å². The molecule has 1 aliphatic rings. The fraction of sp³-hybridized carbons (Fsp3) is 0.625. The summed E-state index contributed by atoms with van der Waals surface area (Å²) in [5.41, 5.74) is 6.32. The van der Waals surface area contributed by atoms with E-state index >= 15 is 4.79 Å². The van der Waals surface area contributed by atoms with Gasteiger partial charge in [-0.1, -0.05) is 132 Å². The van der Waals surface area contributed by atoms with Crippen molar-refractivity contribution in [3.05, 3.63) is 81.3 Å². The molecule has 4 rings (SSSR count). The van der Waals surface area contributed by atoms with E-state index in [0.717, 1.165) is 56.4 Å². The van der Waals surface area contributed by atoms with Crippen LogP contribution in [-0.2, 0) is 86.3 Å². The molecule has 0 spiro atoms. The number of carboxylic acid groups (broad SMARTS) is 4. The van der Waals surface area contributed by atoms with Gasteiger partial charge in [-0.3, -0.25) is 63.1 Å². The van der Waals surface area contributed by atoms with E-state index in [2.05, 4.69) is 65.6 Å². The van der Waals surface area contributed by atoms with Crippen molar-refractivity contribution >= 4 is 122 Å². The number of nitrogens with zero attached hydrogens (tertiary/aromatic N) is 3. The lowest BCUT2D eigenvalue weighted by molar-refractivity contribution is -0.153. The predicted octanol–water partition coefficient (Wildman–Crippen LogP) is 6.41. The topological polar surface area (TPSA) is 537 Å². The van der Waals surface area contributed by atoms with Gasteiger partial charge in [-0.25, -0.2) is 29.6 Å². The van der Waals surface area contributed by atoms with Crippen LogP contribution in [0.4, 0.5) is 14.4 Å². The largest absolute Gasteiger partial charge is 0.508 e. The summed E-state index contributed by atoms with van der Waals surface area (Å²) < 4.78 is 17.5. The van der Waals surface area contributed by atoms with Crippen LogP contribution in [0.5, 0.6) is 5.75 Å². The van der Waals surface area contributed by atoms with Crippen LogP contribution in [-0.4, -0.2) is 236 Å². The maximum atomic E-state index is 15.1. The molecule has 0 saturated carbocycles. The number of carbonyl (C=O) groups is 15. The van der Waals surface area contributed by atoms with Crippen molar-refractivity contribution in [3.63, 3.8) is 0 Å². The van der Waals surface area contributed by atoms with Crippen LogP contribution in [0.25, 0.3) is 0 Å². The maximum Gasteiger partial charge on any atom is 0.426 e. The monoisotopic (exact) mass is 1740 g/mol. The summed E-state index contributed by atoms with van der Waals surface area (Å²) in [5, 5.41) is 72.8. The molecule has 2 aromatic carbocycles. The molecule has 1 fully saturated rings. The van der Waals surface area contributed by atoms with Crippen LogP contribution in [0.2, 0.25) is 0 Å². The van der Waals surface area contributed by atoms with E-state index in [1.807, 2.05) is 39.6 Å². The van der Waals surface area contributed by atoms with Gasteiger partial charge in [-0.05, 0) is 126 Å². The molecular formula is C80H122N14O23S3. The number of aliphatic carboxylic acids is 4. The molecule has 0 radical (unpaired) electrons. The van der Waals surface area contributed by atoms with Crippen LogP contribution < -0.4 is 58.7 Å². The van der Waals surface area contributed by atoms with Gasteiger partial charge in [0, 0.05) is 86.4 Å². The SMILES string of the molecule is CCCCCCOCN(C(=O)[C@@H](NC(=O)C1CCCCN1C)C(C)CC)[C@H](C[C@@H](OC(C)=O)c1nc(C(=O)N[C@@H](Cc2ccc(O)cc2)C[C@H](C)C(=O)NNC(=O)OCCSSC[C@@H](C)NC(=O)[C@H](CC(=O)O)NC(=O)C(CC(=O)O)NC(=O)Cc2ccc(CNC(=O)NCCCC[C@@H](C)NC(=O)N[C@@H](CCC(=O)O)C(=O)O)cc2)cs1)C(C)C. The van der Waals surface area contributed by atoms with Crippen LogP contribution in [0.3, 0.4) is 0 Å². The minimum atomic E-state index is -1.73. The Morgan fingerprint density at radius 3 is 1.96 bits per heavy atom. The van der Waals surface area contributed by atoms with Gasteiger partial charge in [0.15, 0.2) is 6.10 Å². The fourth-order valence-electron chi connectivity index (χ4n) is 12.8. The number of carboxylic acids is 4.